The van der Waals surface area contributed by atoms with Gasteiger partial charge in [-0.25, -0.2) is 4.39 Å². The van der Waals surface area contributed by atoms with Crippen LogP contribution in [0.5, 0.6) is 0 Å². The second kappa shape index (κ2) is 6.91. The molecule has 1 atom stereocenters. The summed E-state index contributed by atoms with van der Waals surface area (Å²) in [5.74, 6) is -0.129. The molecule has 1 fully saturated rings. The molecule has 1 amide bonds. The SMILES string of the molecule is Cn1nccc1C(=O)N1CCOC[C@H](Cc2cccc(F)c2)C1. The zero-order valence-corrected chi connectivity index (χ0v) is 13.1. The summed E-state index contributed by atoms with van der Waals surface area (Å²) in [5.41, 5.74) is 1.49. The smallest absolute Gasteiger partial charge is 0.272 e. The van der Waals surface area contributed by atoms with Crippen LogP contribution >= 0.6 is 0 Å². The number of ether oxygens (including phenoxy) is 1. The van der Waals surface area contributed by atoms with Crippen molar-refractivity contribution in [3.05, 3.63) is 53.6 Å². The number of rotatable bonds is 3. The van der Waals surface area contributed by atoms with Crippen molar-refractivity contribution in [2.75, 3.05) is 26.3 Å². The highest BCUT2D eigenvalue weighted by Gasteiger charge is 2.25. The van der Waals surface area contributed by atoms with Gasteiger partial charge in [0.2, 0.25) is 0 Å². The number of amides is 1. The third-order valence-corrected chi connectivity index (χ3v) is 4.08. The predicted molar refractivity (Wildman–Crippen MR) is 83.5 cm³/mol. The van der Waals surface area contributed by atoms with Gasteiger partial charge in [0, 0.05) is 32.3 Å². The summed E-state index contributed by atoms with van der Waals surface area (Å²) in [6.45, 7) is 2.25. The zero-order valence-electron chi connectivity index (χ0n) is 13.1. The summed E-state index contributed by atoms with van der Waals surface area (Å²) >= 11 is 0. The van der Waals surface area contributed by atoms with Crippen LogP contribution in [-0.4, -0.2) is 46.9 Å². The Morgan fingerprint density at radius 3 is 3.04 bits per heavy atom. The number of carbonyl (C=O) groups is 1. The lowest BCUT2D eigenvalue weighted by Crippen LogP contribution is -2.37. The molecule has 1 aromatic carbocycles. The van der Waals surface area contributed by atoms with E-state index < -0.39 is 0 Å². The van der Waals surface area contributed by atoms with E-state index in [0.717, 1.165) is 5.56 Å². The van der Waals surface area contributed by atoms with Crippen LogP contribution < -0.4 is 0 Å². The lowest BCUT2D eigenvalue weighted by Gasteiger charge is -2.23. The van der Waals surface area contributed by atoms with Gasteiger partial charge in [0.15, 0.2) is 0 Å². The standard InChI is InChI=1S/C17H20FN3O2/c1-20-16(5-6-19-20)17(22)21-7-8-23-12-14(11-21)9-13-3-2-4-15(18)10-13/h2-6,10,14H,7-9,11-12H2,1H3/t14-/m1/s1. The Bertz CT molecular complexity index is 686. The molecule has 0 bridgehead atoms. The Morgan fingerprint density at radius 2 is 2.30 bits per heavy atom. The fraction of sp³-hybridized carbons (Fsp3) is 0.412. The van der Waals surface area contributed by atoms with Crippen molar-refractivity contribution in [3.8, 4) is 0 Å². The number of aromatic nitrogens is 2. The van der Waals surface area contributed by atoms with Crippen LogP contribution in [0, 0.1) is 11.7 Å². The van der Waals surface area contributed by atoms with Gasteiger partial charge in [-0.15, -0.1) is 0 Å². The molecule has 0 saturated carbocycles. The Hall–Kier alpha value is -2.21. The van der Waals surface area contributed by atoms with Gasteiger partial charge in [0.25, 0.3) is 5.91 Å². The summed E-state index contributed by atoms with van der Waals surface area (Å²) in [6, 6.07) is 8.31. The molecular weight excluding hydrogens is 297 g/mol. The first-order chi connectivity index (χ1) is 11.1. The van der Waals surface area contributed by atoms with Crippen molar-refractivity contribution in [3.63, 3.8) is 0 Å². The number of hydrogen-bond acceptors (Lipinski definition) is 3. The Kier molecular flexibility index (Phi) is 4.71. The predicted octanol–water partition coefficient (Wildman–Crippen LogP) is 1.89. The maximum Gasteiger partial charge on any atom is 0.272 e. The molecule has 23 heavy (non-hydrogen) atoms. The highest BCUT2D eigenvalue weighted by atomic mass is 19.1. The minimum absolute atomic E-state index is 0.0419. The molecule has 122 valence electrons. The fourth-order valence-corrected chi connectivity index (χ4v) is 2.93. The van der Waals surface area contributed by atoms with E-state index in [1.807, 2.05) is 6.07 Å². The first-order valence-corrected chi connectivity index (χ1v) is 7.73. The molecule has 1 aliphatic heterocycles. The van der Waals surface area contributed by atoms with Crippen molar-refractivity contribution >= 4 is 5.91 Å². The second-order valence-corrected chi connectivity index (χ2v) is 5.87. The van der Waals surface area contributed by atoms with Crippen molar-refractivity contribution in [2.24, 2.45) is 13.0 Å². The number of benzene rings is 1. The van der Waals surface area contributed by atoms with Gasteiger partial charge >= 0.3 is 0 Å². The first kappa shape index (κ1) is 15.7. The normalized spacial score (nSPS) is 18.7. The maximum absolute atomic E-state index is 13.3. The Morgan fingerprint density at radius 1 is 1.43 bits per heavy atom. The van der Waals surface area contributed by atoms with Crippen molar-refractivity contribution in [2.45, 2.75) is 6.42 Å². The topological polar surface area (TPSA) is 47.4 Å². The largest absolute Gasteiger partial charge is 0.379 e. The second-order valence-electron chi connectivity index (χ2n) is 5.87. The van der Waals surface area contributed by atoms with Gasteiger partial charge in [-0.3, -0.25) is 9.48 Å². The van der Waals surface area contributed by atoms with E-state index in [1.54, 1.807) is 35.0 Å². The van der Waals surface area contributed by atoms with Gasteiger partial charge in [-0.1, -0.05) is 12.1 Å². The van der Waals surface area contributed by atoms with Crippen LogP contribution in [0.3, 0.4) is 0 Å². The van der Waals surface area contributed by atoms with Crippen molar-refractivity contribution < 1.29 is 13.9 Å². The molecule has 0 spiro atoms. The lowest BCUT2D eigenvalue weighted by molar-refractivity contribution is 0.0726. The zero-order chi connectivity index (χ0) is 16.2. The van der Waals surface area contributed by atoms with Crippen LogP contribution in [0.15, 0.2) is 36.5 Å². The summed E-state index contributed by atoms with van der Waals surface area (Å²) in [6.07, 6.45) is 2.30. The van der Waals surface area contributed by atoms with Crippen LogP contribution in [-0.2, 0) is 18.2 Å². The third-order valence-electron chi connectivity index (χ3n) is 4.08. The quantitative estimate of drug-likeness (QED) is 0.868. The molecule has 0 N–H and O–H groups in total. The van der Waals surface area contributed by atoms with Gasteiger partial charge < -0.3 is 9.64 Å². The van der Waals surface area contributed by atoms with E-state index in [2.05, 4.69) is 5.10 Å². The summed E-state index contributed by atoms with van der Waals surface area (Å²) in [7, 11) is 1.76. The molecule has 2 heterocycles. The van der Waals surface area contributed by atoms with E-state index in [4.69, 9.17) is 4.74 Å². The minimum Gasteiger partial charge on any atom is -0.379 e. The molecule has 0 unspecified atom stereocenters. The summed E-state index contributed by atoms with van der Waals surface area (Å²) in [4.78, 5) is 14.4. The van der Waals surface area contributed by atoms with Crippen LogP contribution in [0.4, 0.5) is 4.39 Å². The highest BCUT2D eigenvalue weighted by molar-refractivity contribution is 5.92. The molecule has 1 aromatic heterocycles. The molecule has 2 aromatic rings. The molecule has 3 rings (SSSR count). The number of hydrogen-bond donors (Lipinski definition) is 0. The van der Waals surface area contributed by atoms with E-state index in [0.29, 0.717) is 38.4 Å². The van der Waals surface area contributed by atoms with Gasteiger partial charge in [-0.2, -0.15) is 5.10 Å². The average molecular weight is 317 g/mol. The monoisotopic (exact) mass is 317 g/mol. The van der Waals surface area contributed by atoms with Crippen LogP contribution in [0.1, 0.15) is 16.1 Å². The van der Waals surface area contributed by atoms with Crippen LogP contribution in [0.2, 0.25) is 0 Å². The number of halogens is 1. The fourth-order valence-electron chi connectivity index (χ4n) is 2.93. The van der Waals surface area contributed by atoms with Gasteiger partial charge in [0.05, 0.1) is 13.2 Å². The first-order valence-electron chi connectivity index (χ1n) is 7.73. The number of aryl methyl sites for hydroxylation is 1. The molecule has 1 aliphatic rings. The minimum atomic E-state index is -0.236. The van der Waals surface area contributed by atoms with E-state index in [-0.39, 0.29) is 17.6 Å². The van der Waals surface area contributed by atoms with Crippen molar-refractivity contribution in [1.29, 1.82) is 0 Å². The molecule has 1 saturated heterocycles. The summed E-state index contributed by atoms with van der Waals surface area (Å²) in [5, 5.41) is 4.05. The van der Waals surface area contributed by atoms with Gasteiger partial charge in [-0.05, 0) is 30.2 Å². The molecule has 0 radical (unpaired) electrons. The lowest BCUT2D eigenvalue weighted by atomic mass is 9.99. The summed E-state index contributed by atoms with van der Waals surface area (Å²) < 4.78 is 20.5. The van der Waals surface area contributed by atoms with E-state index in [9.17, 15) is 9.18 Å². The van der Waals surface area contributed by atoms with Gasteiger partial charge in [0.1, 0.15) is 11.5 Å². The molecule has 0 aliphatic carbocycles. The van der Waals surface area contributed by atoms with E-state index in [1.165, 1.54) is 12.1 Å². The molecular formula is C17H20FN3O2. The molecule has 5 nitrogen and oxygen atoms in total. The maximum atomic E-state index is 13.3. The number of nitrogens with zero attached hydrogens (tertiary/aromatic N) is 3. The Balaban J connectivity index is 1.71. The number of carbonyl (C=O) groups excluding carboxylic acids is 1. The van der Waals surface area contributed by atoms with E-state index >= 15 is 0 Å². The van der Waals surface area contributed by atoms with Crippen LogP contribution in [0.25, 0.3) is 0 Å². The highest BCUT2D eigenvalue weighted by Crippen LogP contribution is 2.16. The average Bonchev–Trinajstić information content (AvgIpc) is 2.81. The van der Waals surface area contributed by atoms with Crippen molar-refractivity contribution in [1.82, 2.24) is 14.7 Å². The molecule has 6 heteroatoms. The Labute approximate surface area is 134 Å². The third kappa shape index (κ3) is 3.76.